The molecule has 88 valence electrons. The first-order valence-corrected chi connectivity index (χ1v) is 5.90. The third kappa shape index (κ3) is 2.21. The molecule has 1 unspecified atom stereocenters. The van der Waals surface area contributed by atoms with Crippen molar-refractivity contribution in [1.82, 2.24) is 0 Å². The molecule has 3 nitrogen and oxygen atoms in total. The van der Waals surface area contributed by atoms with Gasteiger partial charge < -0.3 is 15.4 Å². The first kappa shape index (κ1) is 11.8. The molecular formula is C11H14Cl2N2O. The fourth-order valence-corrected chi connectivity index (χ4v) is 2.21. The first-order chi connectivity index (χ1) is 7.59. The number of hydrogen-bond acceptors (Lipinski definition) is 3. The number of nitrogens with two attached hydrogens (primary N) is 1. The van der Waals surface area contributed by atoms with Crippen molar-refractivity contribution in [3.8, 4) is 0 Å². The SMILES string of the molecule is CN(c1cc(Cl)c(Cl)cc1N)C1CCOC1. The zero-order chi connectivity index (χ0) is 11.7. The standard InChI is InChI=1S/C11H14Cl2N2O/c1-15(7-2-3-16-6-7)11-5-9(13)8(12)4-10(11)14/h4-5,7H,2-3,6,14H2,1H3. The van der Waals surface area contributed by atoms with Gasteiger partial charge in [0.1, 0.15) is 0 Å². The largest absolute Gasteiger partial charge is 0.397 e. The van der Waals surface area contributed by atoms with Crippen molar-refractivity contribution >= 4 is 34.6 Å². The van der Waals surface area contributed by atoms with Crippen LogP contribution < -0.4 is 10.6 Å². The Bertz CT molecular complexity index is 392. The fourth-order valence-electron chi connectivity index (χ4n) is 1.88. The smallest absolute Gasteiger partial charge is 0.0670 e. The number of ether oxygens (including phenoxy) is 1. The average molecular weight is 261 g/mol. The molecule has 0 amide bonds. The lowest BCUT2D eigenvalue weighted by Gasteiger charge is -2.27. The molecule has 2 rings (SSSR count). The van der Waals surface area contributed by atoms with Crippen LogP contribution in [0.15, 0.2) is 12.1 Å². The maximum absolute atomic E-state index is 5.99. The average Bonchev–Trinajstić information content (AvgIpc) is 2.75. The lowest BCUT2D eigenvalue weighted by atomic mass is 10.2. The predicted octanol–water partition coefficient (Wildman–Crippen LogP) is 2.80. The van der Waals surface area contributed by atoms with Gasteiger partial charge in [0.15, 0.2) is 0 Å². The summed E-state index contributed by atoms with van der Waals surface area (Å²) in [6.07, 6.45) is 1.01. The molecule has 0 aliphatic carbocycles. The lowest BCUT2D eigenvalue weighted by molar-refractivity contribution is 0.193. The minimum absolute atomic E-state index is 0.361. The second-order valence-electron chi connectivity index (χ2n) is 3.95. The molecule has 1 atom stereocenters. The second kappa shape index (κ2) is 4.70. The van der Waals surface area contributed by atoms with E-state index in [1.165, 1.54) is 0 Å². The van der Waals surface area contributed by atoms with Crippen molar-refractivity contribution in [2.75, 3.05) is 30.9 Å². The molecule has 2 N–H and O–H groups in total. The van der Waals surface area contributed by atoms with E-state index >= 15 is 0 Å². The van der Waals surface area contributed by atoms with Crippen LogP contribution in [0.2, 0.25) is 10.0 Å². The quantitative estimate of drug-likeness (QED) is 0.832. The molecule has 16 heavy (non-hydrogen) atoms. The van der Waals surface area contributed by atoms with Crippen LogP contribution >= 0.6 is 23.2 Å². The van der Waals surface area contributed by atoms with Crippen molar-refractivity contribution in [3.63, 3.8) is 0 Å². The van der Waals surface area contributed by atoms with Crippen LogP contribution in [0.25, 0.3) is 0 Å². The maximum atomic E-state index is 5.99. The number of benzene rings is 1. The van der Waals surface area contributed by atoms with E-state index in [1.807, 2.05) is 7.05 Å². The molecule has 0 aromatic heterocycles. The summed E-state index contributed by atoms with van der Waals surface area (Å²) in [4.78, 5) is 2.10. The molecule has 1 saturated heterocycles. The molecule has 0 radical (unpaired) electrons. The third-order valence-electron chi connectivity index (χ3n) is 2.90. The Morgan fingerprint density at radius 2 is 2.06 bits per heavy atom. The number of likely N-dealkylation sites (N-methyl/N-ethyl adjacent to an activating group) is 1. The Hall–Kier alpha value is -0.640. The fraction of sp³-hybridized carbons (Fsp3) is 0.455. The van der Waals surface area contributed by atoms with Crippen LogP contribution in [0.4, 0.5) is 11.4 Å². The molecule has 5 heteroatoms. The number of halogens is 2. The monoisotopic (exact) mass is 260 g/mol. The van der Waals surface area contributed by atoms with Gasteiger partial charge in [-0.25, -0.2) is 0 Å². The van der Waals surface area contributed by atoms with Crippen LogP contribution in [-0.2, 0) is 4.74 Å². The highest BCUT2D eigenvalue weighted by molar-refractivity contribution is 6.42. The molecule has 1 fully saturated rings. The summed E-state index contributed by atoms with van der Waals surface area (Å²) in [6.45, 7) is 1.53. The number of nitrogen functional groups attached to an aromatic ring is 1. The third-order valence-corrected chi connectivity index (χ3v) is 3.63. The highest BCUT2D eigenvalue weighted by atomic mass is 35.5. The van der Waals surface area contributed by atoms with Gasteiger partial charge in [-0.1, -0.05) is 23.2 Å². The summed E-state index contributed by atoms with van der Waals surface area (Å²) in [7, 11) is 2.00. The summed E-state index contributed by atoms with van der Waals surface area (Å²) in [6, 6.07) is 3.85. The van der Waals surface area contributed by atoms with E-state index in [0.717, 1.165) is 25.3 Å². The number of anilines is 2. The van der Waals surface area contributed by atoms with Crippen molar-refractivity contribution in [2.24, 2.45) is 0 Å². The van der Waals surface area contributed by atoms with Gasteiger partial charge in [0, 0.05) is 13.7 Å². The first-order valence-electron chi connectivity index (χ1n) is 5.14. The summed E-state index contributed by atoms with van der Waals surface area (Å²) >= 11 is 11.9. The Balaban J connectivity index is 2.28. The van der Waals surface area contributed by atoms with Crippen LogP contribution in [0.1, 0.15) is 6.42 Å². The van der Waals surface area contributed by atoms with Gasteiger partial charge in [0.2, 0.25) is 0 Å². The van der Waals surface area contributed by atoms with Crippen LogP contribution in [0.5, 0.6) is 0 Å². The van der Waals surface area contributed by atoms with Crippen LogP contribution in [0, 0.1) is 0 Å². The van der Waals surface area contributed by atoms with Gasteiger partial charge in [-0.2, -0.15) is 0 Å². The van der Waals surface area contributed by atoms with Gasteiger partial charge >= 0.3 is 0 Å². The Labute approximate surface area is 105 Å². The molecule has 1 aliphatic rings. The van der Waals surface area contributed by atoms with E-state index in [4.69, 9.17) is 33.7 Å². The van der Waals surface area contributed by atoms with Crippen molar-refractivity contribution < 1.29 is 4.74 Å². The van der Waals surface area contributed by atoms with Gasteiger partial charge in [-0.05, 0) is 18.6 Å². The second-order valence-corrected chi connectivity index (χ2v) is 4.77. The molecule has 0 spiro atoms. The molecule has 1 aliphatic heterocycles. The molecule has 1 aromatic carbocycles. The number of nitrogens with zero attached hydrogens (tertiary/aromatic N) is 1. The zero-order valence-electron chi connectivity index (χ0n) is 9.04. The number of rotatable bonds is 2. The Morgan fingerprint density at radius 1 is 1.38 bits per heavy atom. The van der Waals surface area contributed by atoms with Crippen LogP contribution in [0.3, 0.4) is 0 Å². The molecule has 1 aromatic rings. The minimum Gasteiger partial charge on any atom is -0.397 e. The Morgan fingerprint density at radius 3 is 2.69 bits per heavy atom. The highest BCUT2D eigenvalue weighted by Gasteiger charge is 2.22. The van der Waals surface area contributed by atoms with E-state index in [2.05, 4.69) is 4.90 Å². The minimum atomic E-state index is 0.361. The summed E-state index contributed by atoms with van der Waals surface area (Å²) in [5.41, 5.74) is 7.48. The topological polar surface area (TPSA) is 38.5 Å². The normalized spacial score (nSPS) is 20.1. The van der Waals surface area contributed by atoms with Crippen LogP contribution in [-0.4, -0.2) is 26.3 Å². The van der Waals surface area contributed by atoms with E-state index in [1.54, 1.807) is 12.1 Å². The molecule has 0 saturated carbocycles. The summed E-state index contributed by atoms with van der Waals surface area (Å²) in [5, 5.41) is 1.01. The van der Waals surface area contributed by atoms with Gasteiger partial charge in [0.25, 0.3) is 0 Å². The molecule has 0 bridgehead atoms. The van der Waals surface area contributed by atoms with E-state index in [-0.39, 0.29) is 0 Å². The maximum Gasteiger partial charge on any atom is 0.0670 e. The lowest BCUT2D eigenvalue weighted by Crippen LogP contribution is -2.32. The van der Waals surface area contributed by atoms with Gasteiger partial charge in [-0.3, -0.25) is 0 Å². The van der Waals surface area contributed by atoms with E-state index in [9.17, 15) is 0 Å². The molecular weight excluding hydrogens is 247 g/mol. The van der Waals surface area contributed by atoms with Crippen molar-refractivity contribution in [2.45, 2.75) is 12.5 Å². The molecule has 1 heterocycles. The van der Waals surface area contributed by atoms with E-state index in [0.29, 0.717) is 21.8 Å². The highest BCUT2D eigenvalue weighted by Crippen LogP contribution is 2.34. The van der Waals surface area contributed by atoms with Crippen molar-refractivity contribution in [3.05, 3.63) is 22.2 Å². The summed E-state index contributed by atoms with van der Waals surface area (Å²) < 4.78 is 5.35. The summed E-state index contributed by atoms with van der Waals surface area (Å²) in [5.74, 6) is 0. The van der Waals surface area contributed by atoms with Gasteiger partial charge in [0.05, 0.1) is 34.1 Å². The van der Waals surface area contributed by atoms with Gasteiger partial charge in [-0.15, -0.1) is 0 Å². The predicted molar refractivity (Wildman–Crippen MR) is 68.5 cm³/mol. The number of hydrogen-bond donors (Lipinski definition) is 1. The zero-order valence-corrected chi connectivity index (χ0v) is 10.6. The van der Waals surface area contributed by atoms with E-state index < -0.39 is 0 Å². The Kier molecular flexibility index (Phi) is 3.47. The van der Waals surface area contributed by atoms with Crippen molar-refractivity contribution in [1.29, 1.82) is 0 Å².